The summed E-state index contributed by atoms with van der Waals surface area (Å²) in [6.07, 6.45) is 0.890. The second-order valence-corrected chi connectivity index (χ2v) is 5.51. The lowest BCUT2D eigenvalue weighted by atomic mass is 10.1. The molecule has 2 aromatic rings. The first kappa shape index (κ1) is 14.2. The van der Waals surface area contributed by atoms with Gasteiger partial charge >= 0.3 is 0 Å². The molecule has 0 aromatic heterocycles. The molecule has 2 nitrogen and oxygen atoms in total. The Bertz CT molecular complexity index is 586. The molecule has 0 saturated heterocycles. The molecule has 4 heteroatoms. The Morgan fingerprint density at radius 3 is 2.68 bits per heavy atom. The van der Waals surface area contributed by atoms with Crippen molar-refractivity contribution in [3.63, 3.8) is 0 Å². The van der Waals surface area contributed by atoms with Crippen LogP contribution < -0.4 is 10.5 Å². The standard InChI is InChI=1S/C15H15BrClNO/c1-2-11-8-12(4-6-14(11)17)19-9-10-3-5-13(16)15(18)7-10/h3-8H,2,9,18H2,1H3. The Morgan fingerprint density at radius 1 is 1.21 bits per heavy atom. The van der Waals surface area contributed by atoms with Crippen molar-refractivity contribution in [1.29, 1.82) is 0 Å². The molecule has 19 heavy (non-hydrogen) atoms. The number of hydrogen-bond acceptors (Lipinski definition) is 2. The van der Waals surface area contributed by atoms with Gasteiger partial charge in [0, 0.05) is 15.2 Å². The molecular formula is C15H15BrClNO. The maximum absolute atomic E-state index is 6.07. The largest absolute Gasteiger partial charge is 0.489 e. The summed E-state index contributed by atoms with van der Waals surface area (Å²) < 4.78 is 6.65. The van der Waals surface area contributed by atoms with Crippen LogP contribution in [0.4, 0.5) is 5.69 Å². The number of anilines is 1. The summed E-state index contributed by atoms with van der Waals surface area (Å²) in [5.74, 6) is 0.822. The number of halogens is 2. The van der Waals surface area contributed by atoms with Gasteiger partial charge in [0.25, 0.3) is 0 Å². The van der Waals surface area contributed by atoms with Crippen LogP contribution in [0.15, 0.2) is 40.9 Å². The van der Waals surface area contributed by atoms with Gasteiger partial charge < -0.3 is 10.5 Å². The first-order valence-electron chi connectivity index (χ1n) is 6.05. The third-order valence-electron chi connectivity index (χ3n) is 2.86. The number of nitrogen functional groups attached to an aromatic ring is 1. The average Bonchev–Trinajstić information content (AvgIpc) is 2.41. The van der Waals surface area contributed by atoms with Crippen LogP contribution in [0.25, 0.3) is 0 Å². The molecule has 0 saturated carbocycles. The number of benzene rings is 2. The highest BCUT2D eigenvalue weighted by atomic mass is 79.9. The average molecular weight is 341 g/mol. The van der Waals surface area contributed by atoms with Crippen LogP contribution in [0.5, 0.6) is 5.75 Å². The van der Waals surface area contributed by atoms with Gasteiger partial charge in [-0.05, 0) is 63.8 Å². The highest BCUT2D eigenvalue weighted by molar-refractivity contribution is 9.10. The van der Waals surface area contributed by atoms with E-state index in [-0.39, 0.29) is 0 Å². The van der Waals surface area contributed by atoms with Crippen molar-refractivity contribution in [1.82, 2.24) is 0 Å². The molecule has 2 aromatic carbocycles. The lowest BCUT2D eigenvalue weighted by Crippen LogP contribution is -1.98. The monoisotopic (exact) mass is 339 g/mol. The predicted molar refractivity (Wildman–Crippen MR) is 83.7 cm³/mol. The summed E-state index contributed by atoms with van der Waals surface area (Å²) >= 11 is 9.45. The molecule has 2 rings (SSSR count). The predicted octanol–water partition coefficient (Wildman–Crippen LogP) is 4.83. The van der Waals surface area contributed by atoms with Crippen LogP contribution in [0.2, 0.25) is 5.02 Å². The first-order chi connectivity index (χ1) is 9.10. The highest BCUT2D eigenvalue weighted by Gasteiger charge is 2.03. The second kappa shape index (κ2) is 6.31. The van der Waals surface area contributed by atoms with Crippen molar-refractivity contribution in [3.8, 4) is 5.75 Å². The maximum Gasteiger partial charge on any atom is 0.120 e. The van der Waals surface area contributed by atoms with Crippen molar-refractivity contribution < 1.29 is 4.74 Å². The maximum atomic E-state index is 6.07. The Kier molecular flexibility index (Phi) is 4.72. The lowest BCUT2D eigenvalue weighted by molar-refractivity contribution is 0.306. The van der Waals surface area contributed by atoms with E-state index in [1.165, 1.54) is 0 Å². The molecule has 0 bridgehead atoms. The van der Waals surface area contributed by atoms with E-state index in [4.69, 9.17) is 22.1 Å². The van der Waals surface area contributed by atoms with Crippen LogP contribution in [-0.2, 0) is 13.0 Å². The number of rotatable bonds is 4. The summed E-state index contributed by atoms with van der Waals surface area (Å²) in [6.45, 7) is 2.56. The highest BCUT2D eigenvalue weighted by Crippen LogP contribution is 2.24. The molecule has 0 aliphatic carbocycles. The molecule has 2 N–H and O–H groups in total. The summed E-state index contributed by atoms with van der Waals surface area (Å²) in [4.78, 5) is 0. The molecule has 0 spiro atoms. The van der Waals surface area contributed by atoms with E-state index < -0.39 is 0 Å². The zero-order chi connectivity index (χ0) is 13.8. The Hall–Kier alpha value is -1.19. The zero-order valence-electron chi connectivity index (χ0n) is 10.6. The van der Waals surface area contributed by atoms with Gasteiger partial charge in [0.05, 0.1) is 0 Å². The van der Waals surface area contributed by atoms with Gasteiger partial charge in [-0.1, -0.05) is 24.6 Å². The number of nitrogens with two attached hydrogens (primary N) is 1. The quantitative estimate of drug-likeness (QED) is 0.809. The van der Waals surface area contributed by atoms with Gasteiger partial charge in [-0.15, -0.1) is 0 Å². The Balaban J connectivity index is 2.07. The topological polar surface area (TPSA) is 35.2 Å². The van der Waals surface area contributed by atoms with E-state index in [2.05, 4.69) is 22.9 Å². The van der Waals surface area contributed by atoms with Crippen molar-refractivity contribution in [2.75, 3.05) is 5.73 Å². The third kappa shape index (κ3) is 3.64. The first-order valence-corrected chi connectivity index (χ1v) is 7.22. The van der Waals surface area contributed by atoms with E-state index in [0.29, 0.717) is 12.3 Å². The molecule has 0 unspecified atom stereocenters. The molecule has 0 heterocycles. The van der Waals surface area contributed by atoms with Gasteiger partial charge in [-0.2, -0.15) is 0 Å². The van der Waals surface area contributed by atoms with Crippen molar-refractivity contribution >= 4 is 33.2 Å². The number of aryl methyl sites for hydroxylation is 1. The van der Waals surface area contributed by atoms with Crippen LogP contribution in [0.3, 0.4) is 0 Å². The molecule has 0 atom stereocenters. The minimum absolute atomic E-state index is 0.488. The smallest absolute Gasteiger partial charge is 0.120 e. The third-order valence-corrected chi connectivity index (χ3v) is 3.95. The van der Waals surface area contributed by atoms with Crippen LogP contribution >= 0.6 is 27.5 Å². The molecule has 100 valence electrons. The van der Waals surface area contributed by atoms with Crippen molar-refractivity contribution in [3.05, 3.63) is 57.0 Å². The van der Waals surface area contributed by atoms with Gasteiger partial charge in [0.15, 0.2) is 0 Å². The minimum Gasteiger partial charge on any atom is -0.489 e. The minimum atomic E-state index is 0.488. The van der Waals surface area contributed by atoms with Crippen molar-refractivity contribution in [2.45, 2.75) is 20.0 Å². The molecule has 0 amide bonds. The van der Waals surface area contributed by atoms with Gasteiger partial charge in [0.2, 0.25) is 0 Å². The summed E-state index contributed by atoms with van der Waals surface area (Å²) in [7, 11) is 0. The van der Waals surface area contributed by atoms with E-state index in [1.54, 1.807) is 0 Å². The lowest BCUT2D eigenvalue weighted by Gasteiger charge is -2.09. The van der Waals surface area contributed by atoms with Gasteiger partial charge in [-0.3, -0.25) is 0 Å². The number of hydrogen-bond donors (Lipinski definition) is 1. The fourth-order valence-electron chi connectivity index (χ4n) is 1.76. The van der Waals surface area contributed by atoms with E-state index in [1.807, 2.05) is 36.4 Å². The normalized spacial score (nSPS) is 10.5. The molecule has 0 aliphatic heterocycles. The Labute approximate surface area is 126 Å². The number of ether oxygens (including phenoxy) is 1. The SMILES string of the molecule is CCc1cc(OCc2ccc(Br)c(N)c2)ccc1Cl. The summed E-state index contributed by atoms with van der Waals surface area (Å²) in [5.41, 5.74) is 8.68. The molecule has 0 radical (unpaired) electrons. The van der Waals surface area contributed by atoms with Crippen LogP contribution in [0, 0.1) is 0 Å². The van der Waals surface area contributed by atoms with Gasteiger partial charge in [0.1, 0.15) is 12.4 Å². The molecular weight excluding hydrogens is 326 g/mol. The summed E-state index contributed by atoms with van der Waals surface area (Å²) in [5, 5.41) is 0.780. The van der Waals surface area contributed by atoms with E-state index in [9.17, 15) is 0 Å². The Morgan fingerprint density at radius 2 is 2.00 bits per heavy atom. The van der Waals surface area contributed by atoms with Crippen molar-refractivity contribution in [2.24, 2.45) is 0 Å². The molecule has 0 aliphatic rings. The second-order valence-electron chi connectivity index (χ2n) is 4.25. The van der Waals surface area contributed by atoms with E-state index >= 15 is 0 Å². The fourth-order valence-corrected chi connectivity index (χ4v) is 2.26. The molecule has 0 fully saturated rings. The fraction of sp³-hybridized carbons (Fsp3) is 0.200. The zero-order valence-corrected chi connectivity index (χ0v) is 13.0. The van der Waals surface area contributed by atoms with Crippen LogP contribution in [0.1, 0.15) is 18.1 Å². The summed E-state index contributed by atoms with van der Waals surface area (Å²) in [6, 6.07) is 11.5. The van der Waals surface area contributed by atoms with Crippen LogP contribution in [-0.4, -0.2) is 0 Å². The van der Waals surface area contributed by atoms with Gasteiger partial charge in [-0.25, -0.2) is 0 Å². The van der Waals surface area contributed by atoms with E-state index in [0.717, 1.165) is 32.8 Å².